The Morgan fingerprint density at radius 3 is 2.52 bits per heavy atom. The molecule has 2 aromatic rings. The highest BCUT2D eigenvalue weighted by atomic mass is 35.5. The molecule has 3 atom stereocenters. The SMILES string of the molecule is CN1C[C@@H]2c3ccccc3Oc3ccc(Cl)cc3[C@H]2C1.O=[P+]([O-])OO.[HH]. The van der Waals surface area contributed by atoms with Crippen molar-refractivity contribution in [1.82, 2.24) is 4.90 Å². The molecule has 0 aliphatic carbocycles. The summed E-state index contributed by atoms with van der Waals surface area (Å²) >= 11 is 6.20. The predicted molar refractivity (Wildman–Crippen MR) is 94.4 cm³/mol. The van der Waals surface area contributed by atoms with Gasteiger partial charge in [0.2, 0.25) is 0 Å². The van der Waals surface area contributed by atoms with Crippen LogP contribution in [0.2, 0.25) is 5.02 Å². The first-order valence-electron chi connectivity index (χ1n) is 7.70. The summed E-state index contributed by atoms with van der Waals surface area (Å²) in [4.78, 5) is 11.3. The Labute approximate surface area is 152 Å². The van der Waals surface area contributed by atoms with Gasteiger partial charge < -0.3 is 14.5 Å². The lowest BCUT2D eigenvalue weighted by Crippen LogP contribution is -2.14. The summed E-state index contributed by atoms with van der Waals surface area (Å²) < 4.78 is 17.8. The van der Waals surface area contributed by atoms with E-state index in [9.17, 15) is 0 Å². The molecule has 2 heterocycles. The molecule has 1 saturated heterocycles. The molecular weight excluding hydrogens is 365 g/mol. The lowest BCUT2D eigenvalue weighted by molar-refractivity contribution is -0.244. The fraction of sp³-hybridized carbons (Fsp3) is 0.294. The van der Waals surface area contributed by atoms with Gasteiger partial charge in [-0.1, -0.05) is 29.8 Å². The largest absolute Gasteiger partial charge is 0.565 e. The van der Waals surface area contributed by atoms with E-state index in [1.54, 1.807) is 0 Å². The molecule has 2 aliphatic rings. The molecule has 0 spiro atoms. The Morgan fingerprint density at radius 1 is 1.24 bits per heavy atom. The molecule has 4 rings (SSSR count). The van der Waals surface area contributed by atoms with E-state index >= 15 is 0 Å². The summed E-state index contributed by atoms with van der Waals surface area (Å²) in [6, 6.07) is 14.4. The van der Waals surface area contributed by atoms with Crippen LogP contribution in [0.15, 0.2) is 42.5 Å². The van der Waals surface area contributed by atoms with Crippen LogP contribution in [0, 0.1) is 0 Å². The summed E-state index contributed by atoms with van der Waals surface area (Å²) in [7, 11) is -0.860. The maximum absolute atomic E-state index is 8.93. The van der Waals surface area contributed by atoms with Crippen molar-refractivity contribution >= 4 is 19.9 Å². The topological polar surface area (TPSA) is 82.1 Å². The standard InChI is InChI=1S/C17H16ClNO.HO4P.H2/c1-19-9-14-12-4-2-3-5-16(12)20-17-7-6-11(18)8-13(17)15(14)10-19;1-4-5(2)3;/h2-8,14-15H,9-10H2,1H3;1H;1H/t14-,15-;;/m1../s1. The van der Waals surface area contributed by atoms with Crippen LogP contribution < -0.4 is 9.63 Å². The Kier molecular flexibility index (Phi) is 5.69. The molecule has 2 aromatic carbocycles. The van der Waals surface area contributed by atoms with Gasteiger partial charge in [-0.25, -0.2) is 5.26 Å². The van der Waals surface area contributed by atoms with Gasteiger partial charge >= 0.3 is 8.25 Å². The van der Waals surface area contributed by atoms with Crippen molar-refractivity contribution < 1.29 is 25.6 Å². The number of likely N-dealkylation sites (N-methyl/N-ethyl adjacent to an activating group) is 1. The highest BCUT2D eigenvalue weighted by Gasteiger charge is 2.38. The third kappa shape index (κ3) is 4.01. The Morgan fingerprint density at radius 2 is 1.84 bits per heavy atom. The van der Waals surface area contributed by atoms with E-state index in [4.69, 9.17) is 31.1 Å². The molecule has 8 heteroatoms. The van der Waals surface area contributed by atoms with Crippen molar-refractivity contribution in [2.75, 3.05) is 20.1 Å². The van der Waals surface area contributed by atoms with E-state index in [1.165, 1.54) is 11.1 Å². The number of para-hydroxylation sites is 1. The highest BCUT2D eigenvalue weighted by molar-refractivity contribution is 7.30. The van der Waals surface area contributed by atoms with Gasteiger partial charge in [-0.3, -0.25) is 0 Å². The fourth-order valence-electron chi connectivity index (χ4n) is 3.53. The molecule has 1 unspecified atom stereocenters. The average molecular weight is 384 g/mol. The number of fused-ring (bicyclic) bond motifs is 5. The molecule has 1 fully saturated rings. The molecule has 0 bridgehead atoms. The summed E-state index contributed by atoms with van der Waals surface area (Å²) in [6.07, 6.45) is 0. The second-order valence-electron chi connectivity index (χ2n) is 6.06. The van der Waals surface area contributed by atoms with Crippen molar-refractivity contribution in [2.45, 2.75) is 11.8 Å². The number of ether oxygens (including phenoxy) is 1. The number of benzene rings is 2. The van der Waals surface area contributed by atoms with E-state index in [0.29, 0.717) is 11.8 Å². The summed E-state index contributed by atoms with van der Waals surface area (Å²) in [5, 5.41) is 7.83. The van der Waals surface area contributed by atoms with Crippen LogP contribution in [0.4, 0.5) is 0 Å². The van der Waals surface area contributed by atoms with Crippen molar-refractivity contribution in [3.8, 4) is 11.5 Å². The zero-order valence-electron chi connectivity index (χ0n) is 13.5. The number of rotatable bonds is 1. The molecule has 0 amide bonds. The minimum atomic E-state index is -3.04. The van der Waals surface area contributed by atoms with Gasteiger partial charge in [0.25, 0.3) is 0 Å². The van der Waals surface area contributed by atoms with Crippen LogP contribution in [-0.2, 0) is 9.24 Å². The quantitative estimate of drug-likeness (QED) is 0.455. The van der Waals surface area contributed by atoms with Gasteiger partial charge in [-0.05, 0) is 41.4 Å². The number of hydrogen-bond acceptors (Lipinski definition) is 6. The van der Waals surface area contributed by atoms with Gasteiger partial charge in [-0.15, -0.1) is 0 Å². The molecule has 0 radical (unpaired) electrons. The lowest BCUT2D eigenvalue weighted by atomic mass is 9.84. The molecular formula is C17H19ClNO5P. The van der Waals surface area contributed by atoms with Gasteiger partial charge in [0.1, 0.15) is 11.5 Å². The summed E-state index contributed by atoms with van der Waals surface area (Å²) in [6.45, 7) is 2.12. The first kappa shape index (κ1) is 18.3. The van der Waals surface area contributed by atoms with Crippen molar-refractivity contribution in [3.05, 3.63) is 58.6 Å². The molecule has 1 N–H and O–H groups in total. The van der Waals surface area contributed by atoms with Crippen molar-refractivity contribution in [2.24, 2.45) is 0 Å². The van der Waals surface area contributed by atoms with Gasteiger partial charge in [0, 0.05) is 41.6 Å². The average Bonchev–Trinajstić information content (AvgIpc) is 2.93. The Bertz CT molecular complexity index is 793. The maximum atomic E-state index is 8.93. The summed E-state index contributed by atoms with van der Waals surface area (Å²) in [5.41, 5.74) is 2.55. The molecule has 0 aromatic heterocycles. The van der Waals surface area contributed by atoms with E-state index in [2.05, 4.69) is 40.9 Å². The Balaban J connectivity index is 0.000000362. The maximum Gasteiger partial charge on any atom is 0.521 e. The van der Waals surface area contributed by atoms with E-state index in [-0.39, 0.29) is 1.43 Å². The minimum absolute atomic E-state index is 0. The molecule has 134 valence electrons. The van der Waals surface area contributed by atoms with E-state index < -0.39 is 8.25 Å². The predicted octanol–water partition coefficient (Wildman–Crippen LogP) is 4.00. The first-order chi connectivity index (χ1) is 12.0. The second-order valence-corrected chi connectivity index (χ2v) is 7.11. The minimum Gasteiger partial charge on any atom is -0.565 e. The first-order valence-corrected chi connectivity index (χ1v) is 9.17. The van der Waals surface area contributed by atoms with Crippen LogP contribution in [0.25, 0.3) is 0 Å². The molecule has 2 aliphatic heterocycles. The van der Waals surface area contributed by atoms with Gasteiger partial charge in [0.15, 0.2) is 0 Å². The number of hydrogen-bond donors (Lipinski definition) is 1. The van der Waals surface area contributed by atoms with Gasteiger partial charge in [0.05, 0.1) is 0 Å². The van der Waals surface area contributed by atoms with E-state index in [1.807, 2.05) is 18.2 Å². The zero-order valence-corrected chi connectivity index (χ0v) is 15.1. The van der Waals surface area contributed by atoms with Crippen LogP contribution in [0.1, 0.15) is 24.4 Å². The number of likely N-dealkylation sites (tertiary alicyclic amines) is 1. The van der Waals surface area contributed by atoms with Crippen LogP contribution in [0.5, 0.6) is 11.5 Å². The second kappa shape index (κ2) is 7.79. The number of halogens is 1. The highest BCUT2D eigenvalue weighted by Crippen LogP contribution is 2.49. The normalized spacial score (nSPS) is 21.7. The molecule has 25 heavy (non-hydrogen) atoms. The van der Waals surface area contributed by atoms with Gasteiger partial charge in [-0.2, -0.15) is 0 Å². The lowest BCUT2D eigenvalue weighted by Gasteiger charge is -2.17. The van der Waals surface area contributed by atoms with Crippen molar-refractivity contribution in [3.63, 3.8) is 0 Å². The monoisotopic (exact) mass is 383 g/mol. The van der Waals surface area contributed by atoms with Crippen molar-refractivity contribution in [1.29, 1.82) is 0 Å². The summed E-state index contributed by atoms with van der Waals surface area (Å²) in [5.74, 6) is 2.87. The van der Waals surface area contributed by atoms with E-state index in [0.717, 1.165) is 29.6 Å². The smallest absolute Gasteiger partial charge is 0.521 e. The fourth-order valence-corrected chi connectivity index (χ4v) is 3.71. The Hall–Kier alpha value is -1.53. The molecule has 6 nitrogen and oxygen atoms in total. The third-order valence-electron chi connectivity index (χ3n) is 4.48. The third-order valence-corrected chi connectivity index (χ3v) is 4.85. The van der Waals surface area contributed by atoms with Crippen LogP contribution >= 0.6 is 19.9 Å². The van der Waals surface area contributed by atoms with Crippen LogP contribution in [-0.4, -0.2) is 30.3 Å². The molecule has 0 saturated carbocycles. The zero-order chi connectivity index (χ0) is 18.0. The number of nitrogens with zero attached hydrogens (tertiary/aromatic N) is 1. The van der Waals surface area contributed by atoms with Crippen LogP contribution in [0.3, 0.4) is 0 Å².